The van der Waals surface area contributed by atoms with Crippen LogP contribution in [0.1, 0.15) is 11.4 Å². The largest absolute Gasteiger partial charge is 0.305 e. The lowest BCUT2D eigenvalue weighted by Crippen LogP contribution is -2.11. The smallest absolute Gasteiger partial charge is 0.259 e. The lowest BCUT2D eigenvalue weighted by Gasteiger charge is -2.01. The second-order valence-electron chi connectivity index (χ2n) is 5.04. The van der Waals surface area contributed by atoms with Gasteiger partial charge in [0.15, 0.2) is 5.82 Å². The molecule has 0 aliphatic heterocycles. The summed E-state index contributed by atoms with van der Waals surface area (Å²) in [6.45, 7) is 0. The quantitative estimate of drug-likeness (QED) is 0.546. The van der Waals surface area contributed by atoms with Gasteiger partial charge in [-0.1, -0.05) is 58.4 Å². The summed E-state index contributed by atoms with van der Waals surface area (Å²) in [6, 6.07) is 17.1. The summed E-state index contributed by atoms with van der Waals surface area (Å²) >= 11 is 3.33. The summed E-state index contributed by atoms with van der Waals surface area (Å²) in [4.78, 5) is 19.2. The number of halogens is 1. The molecule has 0 saturated carbocycles. The number of hydrogen-bond donors (Lipinski definition) is 1. The molecule has 1 N–H and O–H groups in total. The zero-order chi connectivity index (χ0) is 16.9. The predicted octanol–water partition coefficient (Wildman–Crippen LogP) is 4.31. The highest BCUT2D eigenvalue weighted by Crippen LogP contribution is 2.17. The van der Waals surface area contributed by atoms with Crippen LogP contribution in [0.5, 0.6) is 0 Å². The van der Waals surface area contributed by atoms with Gasteiger partial charge < -0.3 is 4.98 Å². The maximum atomic E-state index is 12.2. The van der Waals surface area contributed by atoms with Crippen LogP contribution >= 0.6 is 15.9 Å². The van der Waals surface area contributed by atoms with E-state index in [9.17, 15) is 10.1 Å². The summed E-state index contributed by atoms with van der Waals surface area (Å²) < 4.78 is 0.803. The minimum Gasteiger partial charge on any atom is -0.305 e. The van der Waals surface area contributed by atoms with E-state index >= 15 is 0 Å². The summed E-state index contributed by atoms with van der Waals surface area (Å²) in [5.74, 6) is 0.259. The Kier molecular flexibility index (Phi) is 4.69. The molecule has 1 aromatic heterocycles. The monoisotopic (exact) mass is 377 g/mol. The van der Waals surface area contributed by atoms with Gasteiger partial charge in [0.1, 0.15) is 6.07 Å². The van der Waals surface area contributed by atoms with Crippen LogP contribution in [0.3, 0.4) is 0 Å². The Morgan fingerprint density at radius 1 is 1.21 bits per heavy atom. The zero-order valence-corrected chi connectivity index (χ0v) is 14.1. The van der Waals surface area contributed by atoms with Crippen LogP contribution in [-0.4, -0.2) is 9.97 Å². The molecule has 0 unspecified atom stereocenters. The highest BCUT2D eigenvalue weighted by molar-refractivity contribution is 9.10. The van der Waals surface area contributed by atoms with Gasteiger partial charge in [-0.25, -0.2) is 4.98 Å². The molecule has 0 radical (unpaired) electrons. The van der Waals surface area contributed by atoms with Crippen LogP contribution < -0.4 is 5.56 Å². The third-order valence-electron chi connectivity index (χ3n) is 3.39. The first-order valence-corrected chi connectivity index (χ1v) is 8.00. The van der Waals surface area contributed by atoms with Gasteiger partial charge in [0.2, 0.25) is 0 Å². The molecule has 3 aromatic rings. The topological polar surface area (TPSA) is 69.5 Å². The third-order valence-corrected chi connectivity index (χ3v) is 3.89. The SMILES string of the molecule is N#CC(=CC=Cc1ccccc1)c1nc2ccc(Br)cc2c(=O)[nH]1. The van der Waals surface area contributed by atoms with Gasteiger partial charge >= 0.3 is 0 Å². The van der Waals surface area contributed by atoms with Crippen LogP contribution in [0.25, 0.3) is 22.6 Å². The Hall–Kier alpha value is -2.97. The molecule has 24 heavy (non-hydrogen) atoms. The van der Waals surface area contributed by atoms with Crippen LogP contribution in [-0.2, 0) is 0 Å². The molecular formula is C19H12BrN3O. The normalized spacial score (nSPS) is 11.8. The number of nitrogens with one attached hydrogen (secondary N) is 1. The first kappa shape index (κ1) is 15.9. The van der Waals surface area contributed by atoms with Crippen molar-refractivity contribution in [3.63, 3.8) is 0 Å². The lowest BCUT2D eigenvalue weighted by molar-refractivity contribution is 1.13. The number of allylic oxidation sites excluding steroid dienone is 3. The van der Waals surface area contributed by atoms with Gasteiger partial charge in [0, 0.05) is 4.47 Å². The Morgan fingerprint density at radius 2 is 2.00 bits per heavy atom. The molecule has 116 valence electrons. The summed E-state index contributed by atoms with van der Waals surface area (Å²) in [6.07, 6.45) is 5.28. The van der Waals surface area contributed by atoms with Crippen molar-refractivity contribution >= 4 is 38.5 Å². The molecule has 5 heteroatoms. The third kappa shape index (κ3) is 3.50. The van der Waals surface area contributed by atoms with Crippen molar-refractivity contribution < 1.29 is 0 Å². The van der Waals surface area contributed by atoms with E-state index in [0.29, 0.717) is 16.5 Å². The van der Waals surface area contributed by atoms with Crippen LogP contribution in [0, 0.1) is 11.3 Å². The second-order valence-corrected chi connectivity index (χ2v) is 5.95. The van der Waals surface area contributed by atoms with E-state index in [4.69, 9.17) is 0 Å². The zero-order valence-electron chi connectivity index (χ0n) is 12.5. The van der Waals surface area contributed by atoms with E-state index in [-0.39, 0.29) is 11.4 Å². The average molecular weight is 378 g/mol. The highest BCUT2D eigenvalue weighted by atomic mass is 79.9. The second kappa shape index (κ2) is 7.07. The number of aromatic nitrogens is 2. The highest BCUT2D eigenvalue weighted by Gasteiger charge is 2.07. The van der Waals surface area contributed by atoms with E-state index in [1.54, 1.807) is 24.3 Å². The van der Waals surface area contributed by atoms with Crippen molar-refractivity contribution in [3.8, 4) is 6.07 Å². The molecule has 1 heterocycles. The Morgan fingerprint density at radius 3 is 2.75 bits per heavy atom. The van der Waals surface area contributed by atoms with Crippen molar-refractivity contribution in [1.82, 2.24) is 9.97 Å². The van der Waals surface area contributed by atoms with Gasteiger partial charge in [0.05, 0.1) is 16.5 Å². The maximum Gasteiger partial charge on any atom is 0.259 e. The minimum atomic E-state index is -0.274. The van der Waals surface area contributed by atoms with E-state index in [1.807, 2.05) is 42.5 Å². The molecule has 0 aliphatic rings. The molecule has 3 rings (SSSR count). The van der Waals surface area contributed by atoms with Crippen molar-refractivity contribution in [2.24, 2.45) is 0 Å². The molecule has 4 nitrogen and oxygen atoms in total. The fourth-order valence-corrected chi connectivity index (χ4v) is 2.59. The van der Waals surface area contributed by atoms with Crippen LogP contribution in [0.15, 0.2) is 70.0 Å². The van der Waals surface area contributed by atoms with Crippen LogP contribution in [0.4, 0.5) is 0 Å². The number of nitrogens with zero attached hydrogens (tertiary/aromatic N) is 2. The number of hydrogen-bond acceptors (Lipinski definition) is 3. The Bertz CT molecular complexity index is 1040. The van der Waals surface area contributed by atoms with E-state index in [1.165, 1.54) is 0 Å². The number of H-pyrrole nitrogens is 1. The van der Waals surface area contributed by atoms with Gasteiger partial charge in [0.25, 0.3) is 5.56 Å². The molecule has 2 aromatic carbocycles. The summed E-state index contributed by atoms with van der Waals surface area (Å²) in [5.41, 5.74) is 1.59. The first-order chi connectivity index (χ1) is 11.7. The standard InChI is InChI=1S/C19H12BrN3O/c20-15-9-10-17-16(11-15)19(24)23-18(22-17)14(12-21)8-4-7-13-5-2-1-3-6-13/h1-11H,(H,22,23,24). The number of nitriles is 1. The van der Waals surface area contributed by atoms with Crippen molar-refractivity contribution in [2.45, 2.75) is 0 Å². The maximum absolute atomic E-state index is 12.2. The molecule has 0 aliphatic carbocycles. The molecule has 0 spiro atoms. The summed E-state index contributed by atoms with van der Waals surface area (Å²) in [7, 11) is 0. The number of benzene rings is 2. The molecule has 0 amide bonds. The molecule has 0 bridgehead atoms. The summed E-state index contributed by atoms with van der Waals surface area (Å²) in [5, 5.41) is 9.84. The van der Waals surface area contributed by atoms with Gasteiger partial charge in [-0.2, -0.15) is 5.26 Å². The van der Waals surface area contributed by atoms with E-state index < -0.39 is 0 Å². The molecule has 0 fully saturated rings. The van der Waals surface area contributed by atoms with E-state index in [2.05, 4.69) is 32.0 Å². The Balaban J connectivity index is 1.99. The van der Waals surface area contributed by atoms with Crippen molar-refractivity contribution in [3.05, 3.63) is 86.9 Å². The van der Waals surface area contributed by atoms with Crippen molar-refractivity contribution in [1.29, 1.82) is 5.26 Å². The fourth-order valence-electron chi connectivity index (χ4n) is 2.23. The van der Waals surface area contributed by atoms with Crippen LogP contribution in [0.2, 0.25) is 0 Å². The fraction of sp³-hybridized carbons (Fsp3) is 0. The first-order valence-electron chi connectivity index (χ1n) is 7.21. The number of rotatable bonds is 3. The van der Waals surface area contributed by atoms with Gasteiger partial charge in [-0.15, -0.1) is 0 Å². The predicted molar refractivity (Wildman–Crippen MR) is 99.1 cm³/mol. The molecule has 0 atom stereocenters. The molecular weight excluding hydrogens is 366 g/mol. The van der Waals surface area contributed by atoms with Crippen molar-refractivity contribution in [2.75, 3.05) is 0 Å². The molecule has 0 saturated heterocycles. The van der Waals surface area contributed by atoms with Gasteiger partial charge in [-0.05, 0) is 29.8 Å². The van der Waals surface area contributed by atoms with E-state index in [0.717, 1.165) is 10.0 Å². The lowest BCUT2D eigenvalue weighted by atomic mass is 10.2. The number of aromatic amines is 1. The van der Waals surface area contributed by atoms with Gasteiger partial charge in [-0.3, -0.25) is 4.79 Å². The Labute approximate surface area is 146 Å². The minimum absolute atomic E-state index is 0.259. The number of fused-ring (bicyclic) bond motifs is 1. The average Bonchev–Trinajstić information content (AvgIpc) is 2.60.